The minimum atomic E-state index is 0.403. The first-order valence-corrected chi connectivity index (χ1v) is 6.55. The number of H-pyrrole nitrogens is 1. The predicted molar refractivity (Wildman–Crippen MR) is 75.9 cm³/mol. The fraction of sp³-hybridized carbons (Fsp3) is 0.267. The number of nitrogens with zero attached hydrogens (tertiary/aromatic N) is 1. The molecule has 0 aliphatic carbocycles. The van der Waals surface area contributed by atoms with E-state index in [0.29, 0.717) is 12.5 Å². The largest absolute Gasteiger partial charge is 0.461 e. The number of fused-ring (bicyclic) bond motifs is 1. The molecule has 0 fully saturated rings. The number of furan rings is 1. The van der Waals surface area contributed by atoms with Crippen molar-refractivity contribution in [2.45, 2.75) is 19.3 Å². The quantitative estimate of drug-likeness (QED) is 0.751. The monoisotopic (exact) mass is 255 g/mol. The van der Waals surface area contributed by atoms with E-state index in [-0.39, 0.29) is 0 Å². The van der Waals surface area contributed by atoms with Gasteiger partial charge in [0.1, 0.15) is 0 Å². The van der Waals surface area contributed by atoms with Crippen molar-refractivity contribution in [1.82, 2.24) is 9.97 Å². The zero-order chi connectivity index (χ0) is 13.2. The number of nitrogens with two attached hydrogens (primary N) is 1. The van der Waals surface area contributed by atoms with Crippen molar-refractivity contribution in [3.8, 4) is 11.6 Å². The Bertz CT molecular complexity index is 666. The number of imidazole rings is 1. The van der Waals surface area contributed by atoms with Crippen molar-refractivity contribution >= 4 is 11.0 Å². The number of nitrogens with one attached hydrogen (secondary N) is 1. The van der Waals surface area contributed by atoms with Gasteiger partial charge in [0.15, 0.2) is 11.6 Å². The molecule has 1 aromatic carbocycles. The molecular formula is C15H17N3O. The molecule has 0 saturated carbocycles. The molecule has 2 heterocycles. The molecule has 1 unspecified atom stereocenters. The predicted octanol–water partition coefficient (Wildman–Crippen LogP) is 3.28. The number of hydrogen-bond acceptors (Lipinski definition) is 3. The Labute approximate surface area is 111 Å². The van der Waals surface area contributed by atoms with Crippen molar-refractivity contribution in [2.75, 3.05) is 6.54 Å². The Hall–Kier alpha value is -2.07. The summed E-state index contributed by atoms with van der Waals surface area (Å²) < 4.78 is 5.36. The molecule has 3 aromatic rings. The lowest BCUT2D eigenvalue weighted by atomic mass is 9.96. The molecule has 0 bridgehead atoms. The zero-order valence-corrected chi connectivity index (χ0v) is 10.9. The third-order valence-corrected chi connectivity index (χ3v) is 3.51. The molecule has 19 heavy (non-hydrogen) atoms. The summed E-state index contributed by atoms with van der Waals surface area (Å²) in [5.74, 6) is 1.92. The molecule has 4 heteroatoms. The summed E-state index contributed by atoms with van der Waals surface area (Å²) >= 11 is 0. The first-order chi connectivity index (χ1) is 9.31. The highest BCUT2D eigenvalue weighted by Gasteiger charge is 2.11. The van der Waals surface area contributed by atoms with Crippen LogP contribution < -0.4 is 5.73 Å². The summed E-state index contributed by atoms with van der Waals surface area (Å²) in [5.41, 5.74) is 9.03. The Balaban J connectivity index is 2.04. The van der Waals surface area contributed by atoms with E-state index in [9.17, 15) is 0 Å². The minimum Gasteiger partial charge on any atom is -0.461 e. The summed E-state index contributed by atoms with van der Waals surface area (Å²) in [6, 6.07) is 10.0. The van der Waals surface area contributed by atoms with Crippen LogP contribution in [0.2, 0.25) is 0 Å². The molecule has 1 atom stereocenters. The Morgan fingerprint density at radius 3 is 2.95 bits per heavy atom. The summed E-state index contributed by atoms with van der Waals surface area (Å²) in [6.07, 6.45) is 2.69. The second kappa shape index (κ2) is 4.90. The van der Waals surface area contributed by atoms with Gasteiger partial charge < -0.3 is 15.1 Å². The number of aromatic nitrogens is 2. The van der Waals surface area contributed by atoms with Crippen LogP contribution in [0, 0.1) is 0 Å². The Morgan fingerprint density at radius 2 is 2.26 bits per heavy atom. The highest BCUT2D eigenvalue weighted by atomic mass is 16.3. The van der Waals surface area contributed by atoms with Crippen molar-refractivity contribution in [1.29, 1.82) is 0 Å². The third-order valence-electron chi connectivity index (χ3n) is 3.51. The van der Waals surface area contributed by atoms with Gasteiger partial charge in [-0.15, -0.1) is 0 Å². The van der Waals surface area contributed by atoms with Gasteiger partial charge in [0.25, 0.3) is 0 Å². The second-order valence-electron chi connectivity index (χ2n) is 4.68. The van der Waals surface area contributed by atoms with E-state index in [0.717, 1.165) is 29.0 Å². The zero-order valence-electron chi connectivity index (χ0n) is 10.9. The normalized spacial score (nSPS) is 12.9. The van der Waals surface area contributed by atoms with E-state index in [2.05, 4.69) is 29.0 Å². The summed E-state index contributed by atoms with van der Waals surface area (Å²) in [6.45, 7) is 2.82. The number of rotatable bonds is 4. The first kappa shape index (κ1) is 12.0. The molecular weight excluding hydrogens is 238 g/mol. The van der Waals surface area contributed by atoms with Crippen LogP contribution in [-0.4, -0.2) is 16.5 Å². The van der Waals surface area contributed by atoms with Gasteiger partial charge in [-0.05, 0) is 48.7 Å². The number of benzene rings is 1. The van der Waals surface area contributed by atoms with Crippen molar-refractivity contribution in [3.05, 3.63) is 42.2 Å². The van der Waals surface area contributed by atoms with Gasteiger partial charge >= 0.3 is 0 Å². The topological polar surface area (TPSA) is 67.8 Å². The Kier molecular flexibility index (Phi) is 3.09. The second-order valence-corrected chi connectivity index (χ2v) is 4.68. The van der Waals surface area contributed by atoms with Crippen LogP contribution in [0.25, 0.3) is 22.6 Å². The molecule has 4 nitrogen and oxygen atoms in total. The van der Waals surface area contributed by atoms with Crippen molar-refractivity contribution < 1.29 is 4.42 Å². The van der Waals surface area contributed by atoms with Crippen LogP contribution in [0.1, 0.15) is 24.8 Å². The van der Waals surface area contributed by atoms with Gasteiger partial charge in [0.05, 0.1) is 17.3 Å². The molecule has 0 aliphatic rings. The molecule has 3 rings (SSSR count). The summed E-state index contributed by atoms with van der Waals surface area (Å²) in [5, 5.41) is 0. The third kappa shape index (κ3) is 2.15. The molecule has 0 aliphatic heterocycles. The lowest BCUT2D eigenvalue weighted by molar-refractivity contribution is 0.578. The minimum absolute atomic E-state index is 0.403. The van der Waals surface area contributed by atoms with E-state index in [1.54, 1.807) is 6.26 Å². The number of aromatic amines is 1. The van der Waals surface area contributed by atoms with Gasteiger partial charge in [0.2, 0.25) is 0 Å². The highest BCUT2D eigenvalue weighted by Crippen LogP contribution is 2.25. The fourth-order valence-electron chi connectivity index (χ4n) is 2.35. The summed E-state index contributed by atoms with van der Waals surface area (Å²) in [7, 11) is 0. The van der Waals surface area contributed by atoms with Crippen LogP contribution in [-0.2, 0) is 0 Å². The van der Waals surface area contributed by atoms with E-state index in [4.69, 9.17) is 10.2 Å². The van der Waals surface area contributed by atoms with Crippen molar-refractivity contribution in [3.63, 3.8) is 0 Å². The maximum absolute atomic E-state index is 5.80. The van der Waals surface area contributed by atoms with Crippen LogP contribution in [0.4, 0.5) is 0 Å². The van der Waals surface area contributed by atoms with Gasteiger partial charge in [0, 0.05) is 0 Å². The summed E-state index contributed by atoms with van der Waals surface area (Å²) in [4.78, 5) is 7.82. The van der Waals surface area contributed by atoms with Crippen LogP contribution in [0.3, 0.4) is 0 Å². The molecule has 3 N–H and O–H groups in total. The maximum atomic E-state index is 5.80. The van der Waals surface area contributed by atoms with Crippen LogP contribution in [0.5, 0.6) is 0 Å². The molecule has 0 radical (unpaired) electrons. The molecule has 0 saturated heterocycles. The molecule has 98 valence electrons. The first-order valence-electron chi connectivity index (χ1n) is 6.55. The van der Waals surface area contributed by atoms with E-state index >= 15 is 0 Å². The lowest BCUT2D eigenvalue weighted by Crippen LogP contribution is -2.11. The number of hydrogen-bond donors (Lipinski definition) is 2. The smallest absolute Gasteiger partial charge is 0.174 e. The molecule has 0 amide bonds. The van der Waals surface area contributed by atoms with Gasteiger partial charge in [-0.1, -0.05) is 13.0 Å². The SMILES string of the molecule is CCC(CN)c1ccc2nc(-c3ccco3)[nH]c2c1. The van der Waals surface area contributed by atoms with E-state index < -0.39 is 0 Å². The van der Waals surface area contributed by atoms with Crippen LogP contribution >= 0.6 is 0 Å². The van der Waals surface area contributed by atoms with Crippen molar-refractivity contribution in [2.24, 2.45) is 5.73 Å². The molecule has 2 aromatic heterocycles. The Morgan fingerprint density at radius 1 is 1.37 bits per heavy atom. The van der Waals surface area contributed by atoms with Gasteiger partial charge in [-0.3, -0.25) is 0 Å². The van der Waals surface area contributed by atoms with Gasteiger partial charge in [-0.25, -0.2) is 4.98 Å². The average Bonchev–Trinajstić information content (AvgIpc) is 3.08. The standard InChI is InChI=1S/C15H17N3O/c1-2-10(9-16)11-5-6-12-13(8-11)18-15(17-12)14-4-3-7-19-14/h3-8,10H,2,9,16H2,1H3,(H,17,18). The lowest BCUT2D eigenvalue weighted by Gasteiger charge is -2.11. The highest BCUT2D eigenvalue weighted by molar-refractivity contribution is 5.79. The maximum Gasteiger partial charge on any atom is 0.174 e. The van der Waals surface area contributed by atoms with Crippen LogP contribution in [0.15, 0.2) is 41.0 Å². The average molecular weight is 255 g/mol. The van der Waals surface area contributed by atoms with E-state index in [1.807, 2.05) is 18.2 Å². The molecule has 0 spiro atoms. The van der Waals surface area contributed by atoms with E-state index in [1.165, 1.54) is 5.56 Å². The fourth-order valence-corrected chi connectivity index (χ4v) is 2.35. The van der Waals surface area contributed by atoms with Gasteiger partial charge in [-0.2, -0.15) is 0 Å².